The number of hydrogen-bond acceptors (Lipinski definition) is 1. The van der Waals surface area contributed by atoms with Crippen LogP contribution in [-0.4, -0.2) is 9.13 Å². The summed E-state index contributed by atoms with van der Waals surface area (Å²) in [6.07, 6.45) is 0. The molecular formula is C43H27N3. The van der Waals surface area contributed by atoms with Crippen molar-refractivity contribution in [2.45, 2.75) is 0 Å². The van der Waals surface area contributed by atoms with Crippen LogP contribution in [0.4, 0.5) is 0 Å². The minimum Gasteiger partial charge on any atom is -0.309 e. The summed E-state index contributed by atoms with van der Waals surface area (Å²) in [5.74, 6) is 0. The van der Waals surface area contributed by atoms with Crippen molar-refractivity contribution in [3.05, 3.63) is 169 Å². The molecule has 0 N–H and O–H groups in total. The monoisotopic (exact) mass is 585 g/mol. The molecule has 2 aromatic heterocycles. The Balaban J connectivity index is 1.34. The van der Waals surface area contributed by atoms with Crippen molar-refractivity contribution in [2.75, 3.05) is 0 Å². The van der Waals surface area contributed by atoms with Crippen molar-refractivity contribution in [3.8, 4) is 39.7 Å². The van der Waals surface area contributed by atoms with E-state index < -0.39 is 0 Å². The van der Waals surface area contributed by atoms with Gasteiger partial charge in [-0.2, -0.15) is 5.26 Å². The highest BCUT2D eigenvalue weighted by atomic mass is 15.0. The molecule has 0 unspecified atom stereocenters. The number of aromatic nitrogens is 2. The average Bonchev–Trinajstić information content (AvgIpc) is 3.65. The second-order valence-electron chi connectivity index (χ2n) is 11.7. The summed E-state index contributed by atoms with van der Waals surface area (Å²) in [7, 11) is 0. The normalized spacial score (nSPS) is 11.5. The zero-order chi connectivity index (χ0) is 30.6. The Morgan fingerprint density at radius 1 is 0.370 bits per heavy atom. The molecule has 0 amide bonds. The van der Waals surface area contributed by atoms with Crippen LogP contribution >= 0.6 is 0 Å². The first-order valence-corrected chi connectivity index (χ1v) is 15.5. The summed E-state index contributed by atoms with van der Waals surface area (Å²) in [5, 5.41) is 15.2. The van der Waals surface area contributed by atoms with E-state index in [4.69, 9.17) is 0 Å². The van der Waals surface area contributed by atoms with Gasteiger partial charge in [0.15, 0.2) is 0 Å². The van der Waals surface area contributed by atoms with Crippen molar-refractivity contribution < 1.29 is 0 Å². The van der Waals surface area contributed by atoms with Crippen LogP contribution in [-0.2, 0) is 0 Å². The van der Waals surface area contributed by atoms with E-state index in [1.54, 1.807) is 0 Å². The maximum absolute atomic E-state index is 10.3. The Bertz CT molecular complexity index is 2540. The molecule has 214 valence electrons. The lowest BCUT2D eigenvalue weighted by molar-refractivity contribution is 1.17. The maximum Gasteiger partial charge on any atom is 0.0992 e. The first-order chi connectivity index (χ1) is 22.8. The number of nitriles is 1. The molecule has 0 bridgehead atoms. The van der Waals surface area contributed by atoms with Crippen LogP contribution in [0.25, 0.3) is 77.2 Å². The quantitative estimate of drug-likeness (QED) is 0.202. The van der Waals surface area contributed by atoms with Crippen LogP contribution in [0.2, 0.25) is 0 Å². The minimum atomic E-state index is 0.621. The molecule has 0 radical (unpaired) electrons. The van der Waals surface area contributed by atoms with E-state index >= 15 is 0 Å². The highest BCUT2D eigenvalue weighted by Crippen LogP contribution is 2.39. The van der Waals surface area contributed by atoms with E-state index in [2.05, 4.69) is 161 Å². The minimum absolute atomic E-state index is 0.621. The summed E-state index contributed by atoms with van der Waals surface area (Å²) < 4.78 is 4.64. The standard InChI is InChI=1S/C43H27N3/c44-28-29-24-31(26-33(25-29)46-42-20-10-6-16-37(42)38-17-7-11-21-43(38)46)39-27-32(22-23-34(39)30-12-2-1-3-13-30)45-40-18-8-4-14-35(40)36-15-5-9-19-41(36)45/h1-27H. The zero-order valence-electron chi connectivity index (χ0n) is 24.9. The molecule has 2 heterocycles. The molecule has 0 saturated carbocycles. The van der Waals surface area contributed by atoms with Crippen LogP contribution in [0.15, 0.2) is 164 Å². The van der Waals surface area contributed by atoms with Crippen molar-refractivity contribution in [1.29, 1.82) is 5.26 Å². The highest BCUT2D eigenvalue weighted by Gasteiger charge is 2.18. The van der Waals surface area contributed by atoms with Crippen LogP contribution < -0.4 is 0 Å². The van der Waals surface area contributed by atoms with Crippen molar-refractivity contribution >= 4 is 43.6 Å². The molecule has 9 rings (SSSR count). The fourth-order valence-electron chi connectivity index (χ4n) is 7.14. The lowest BCUT2D eigenvalue weighted by Crippen LogP contribution is -1.98. The van der Waals surface area contributed by atoms with Gasteiger partial charge >= 0.3 is 0 Å². The van der Waals surface area contributed by atoms with Gasteiger partial charge in [0, 0.05) is 32.9 Å². The van der Waals surface area contributed by atoms with Gasteiger partial charge in [-0.1, -0.05) is 109 Å². The molecule has 0 aliphatic carbocycles. The number of nitrogens with zero attached hydrogens (tertiary/aromatic N) is 3. The Labute approximate surface area is 266 Å². The Hall–Kier alpha value is -6.37. The smallest absolute Gasteiger partial charge is 0.0992 e. The molecule has 0 fully saturated rings. The van der Waals surface area contributed by atoms with E-state index in [0.29, 0.717) is 5.56 Å². The van der Waals surface area contributed by atoms with E-state index in [1.165, 1.54) is 32.6 Å². The molecular weight excluding hydrogens is 558 g/mol. The molecule has 0 atom stereocenters. The molecule has 9 aromatic rings. The molecule has 3 nitrogen and oxygen atoms in total. The van der Waals surface area contributed by atoms with E-state index in [9.17, 15) is 5.26 Å². The van der Waals surface area contributed by atoms with Crippen LogP contribution in [0.1, 0.15) is 5.56 Å². The van der Waals surface area contributed by atoms with Crippen LogP contribution in [0.5, 0.6) is 0 Å². The van der Waals surface area contributed by atoms with E-state index in [0.717, 1.165) is 44.7 Å². The van der Waals surface area contributed by atoms with Gasteiger partial charge in [-0.15, -0.1) is 0 Å². The average molecular weight is 586 g/mol. The van der Waals surface area contributed by atoms with Crippen LogP contribution in [0.3, 0.4) is 0 Å². The molecule has 0 saturated heterocycles. The lowest BCUT2D eigenvalue weighted by Gasteiger charge is -2.17. The highest BCUT2D eigenvalue weighted by molar-refractivity contribution is 6.10. The molecule has 0 spiro atoms. The number of fused-ring (bicyclic) bond motifs is 6. The van der Waals surface area contributed by atoms with Crippen molar-refractivity contribution in [3.63, 3.8) is 0 Å². The first kappa shape index (κ1) is 26.1. The van der Waals surface area contributed by atoms with Gasteiger partial charge in [0.1, 0.15) is 0 Å². The molecule has 7 aromatic carbocycles. The topological polar surface area (TPSA) is 33.6 Å². The Kier molecular flexibility index (Phi) is 5.88. The lowest BCUT2D eigenvalue weighted by atomic mass is 9.92. The zero-order valence-corrected chi connectivity index (χ0v) is 24.9. The third-order valence-electron chi connectivity index (χ3n) is 9.12. The van der Waals surface area contributed by atoms with E-state index in [-0.39, 0.29) is 0 Å². The summed E-state index contributed by atoms with van der Waals surface area (Å²) in [6.45, 7) is 0. The number of benzene rings is 7. The molecule has 46 heavy (non-hydrogen) atoms. The van der Waals surface area contributed by atoms with Gasteiger partial charge < -0.3 is 9.13 Å². The predicted molar refractivity (Wildman–Crippen MR) is 191 cm³/mol. The molecule has 0 aliphatic rings. The van der Waals surface area contributed by atoms with Gasteiger partial charge in [-0.25, -0.2) is 0 Å². The Morgan fingerprint density at radius 3 is 1.37 bits per heavy atom. The molecule has 0 aliphatic heterocycles. The fourth-order valence-corrected chi connectivity index (χ4v) is 7.14. The second-order valence-corrected chi connectivity index (χ2v) is 11.7. The van der Waals surface area contributed by atoms with Gasteiger partial charge in [0.05, 0.1) is 33.7 Å². The SMILES string of the molecule is N#Cc1cc(-c2cc(-n3c4ccccc4c4ccccc43)ccc2-c2ccccc2)cc(-n2c3ccccc3c3ccccc32)c1. The largest absolute Gasteiger partial charge is 0.309 e. The van der Waals surface area contributed by atoms with Crippen molar-refractivity contribution in [2.24, 2.45) is 0 Å². The predicted octanol–water partition coefficient (Wildman–Crippen LogP) is 11.1. The third-order valence-corrected chi connectivity index (χ3v) is 9.12. The van der Waals surface area contributed by atoms with Gasteiger partial charge in [0.25, 0.3) is 0 Å². The maximum atomic E-state index is 10.3. The Morgan fingerprint density at radius 2 is 0.848 bits per heavy atom. The van der Waals surface area contributed by atoms with Crippen molar-refractivity contribution in [1.82, 2.24) is 9.13 Å². The summed E-state index contributed by atoms with van der Waals surface area (Å²) in [5.41, 5.74) is 11.6. The summed E-state index contributed by atoms with van der Waals surface area (Å²) in [4.78, 5) is 0. The first-order valence-electron chi connectivity index (χ1n) is 15.5. The number of para-hydroxylation sites is 4. The third kappa shape index (κ3) is 3.98. The van der Waals surface area contributed by atoms with E-state index in [1.807, 2.05) is 18.2 Å². The molecule has 3 heteroatoms. The summed E-state index contributed by atoms with van der Waals surface area (Å²) in [6, 6.07) is 60.1. The fraction of sp³-hybridized carbons (Fsp3) is 0. The van der Waals surface area contributed by atoms with Crippen LogP contribution in [0, 0.1) is 11.3 Å². The van der Waals surface area contributed by atoms with Gasteiger partial charge in [-0.3, -0.25) is 0 Å². The number of rotatable bonds is 4. The second kappa shape index (κ2) is 10.4. The van der Waals surface area contributed by atoms with Gasteiger partial charge in [-0.05, 0) is 76.9 Å². The number of hydrogen-bond donors (Lipinski definition) is 0. The van der Waals surface area contributed by atoms with Gasteiger partial charge in [0.2, 0.25) is 0 Å². The summed E-state index contributed by atoms with van der Waals surface area (Å²) >= 11 is 0.